The van der Waals surface area contributed by atoms with E-state index in [0.717, 1.165) is 11.1 Å². The van der Waals surface area contributed by atoms with E-state index in [0.29, 0.717) is 17.2 Å². The third-order valence-corrected chi connectivity index (χ3v) is 4.25. The summed E-state index contributed by atoms with van der Waals surface area (Å²) < 4.78 is 5.84. The van der Waals surface area contributed by atoms with Crippen LogP contribution in [-0.2, 0) is 4.79 Å². The Morgan fingerprint density at radius 3 is 2.38 bits per heavy atom. The Morgan fingerprint density at radius 1 is 0.931 bits per heavy atom. The van der Waals surface area contributed by atoms with Crippen molar-refractivity contribution >= 4 is 17.6 Å². The number of aryl methyl sites for hydroxylation is 1. The molecule has 4 N–H and O–H groups in total. The number of urea groups is 1. The second-order valence-corrected chi connectivity index (χ2v) is 6.67. The largest absolute Gasteiger partial charge is 0.457 e. The fourth-order valence-corrected chi connectivity index (χ4v) is 2.96. The summed E-state index contributed by atoms with van der Waals surface area (Å²) in [4.78, 5) is 24.0. The van der Waals surface area contributed by atoms with Crippen LogP contribution >= 0.6 is 0 Å². The quantitative estimate of drug-likeness (QED) is 0.554. The van der Waals surface area contributed by atoms with Gasteiger partial charge in [0.2, 0.25) is 5.91 Å². The second-order valence-electron chi connectivity index (χ2n) is 6.67. The lowest BCUT2D eigenvalue weighted by Gasteiger charge is -2.19. The van der Waals surface area contributed by atoms with Crippen molar-refractivity contribution in [2.75, 3.05) is 5.32 Å². The van der Waals surface area contributed by atoms with Gasteiger partial charge in [0.15, 0.2) is 0 Å². The van der Waals surface area contributed by atoms with Gasteiger partial charge in [0.1, 0.15) is 11.5 Å². The van der Waals surface area contributed by atoms with Gasteiger partial charge in [0, 0.05) is 5.69 Å². The zero-order chi connectivity index (χ0) is 20.6. The summed E-state index contributed by atoms with van der Waals surface area (Å²) in [5, 5.41) is 5.49. The van der Waals surface area contributed by atoms with Crippen molar-refractivity contribution in [2.45, 2.75) is 19.4 Å². The second kappa shape index (κ2) is 9.41. The minimum atomic E-state index is -0.701. The molecular formula is C23H23N3O3. The minimum absolute atomic E-state index is 0.0334. The maximum absolute atomic E-state index is 12.5. The molecule has 0 aliphatic rings. The smallest absolute Gasteiger partial charge is 0.312 e. The summed E-state index contributed by atoms with van der Waals surface area (Å²) >= 11 is 0. The summed E-state index contributed by atoms with van der Waals surface area (Å²) in [6.45, 7) is 1.95. The number of primary amides is 1. The van der Waals surface area contributed by atoms with Crippen LogP contribution in [0.3, 0.4) is 0 Å². The zero-order valence-corrected chi connectivity index (χ0v) is 16.1. The molecule has 6 nitrogen and oxygen atoms in total. The molecule has 0 saturated heterocycles. The van der Waals surface area contributed by atoms with Crippen LogP contribution in [0.1, 0.15) is 23.6 Å². The SMILES string of the molecule is Cc1cccc(NC(=O)CC(NC(N)=O)c2cccc(Oc3ccccc3)c2)c1. The molecule has 3 amide bonds. The molecule has 0 saturated carbocycles. The lowest BCUT2D eigenvalue weighted by Crippen LogP contribution is -2.35. The Hall–Kier alpha value is -3.80. The number of benzene rings is 3. The van der Waals surface area contributed by atoms with Crippen LogP contribution in [0.15, 0.2) is 78.9 Å². The van der Waals surface area contributed by atoms with Crippen LogP contribution in [0.25, 0.3) is 0 Å². The molecule has 0 spiro atoms. The van der Waals surface area contributed by atoms with Gasteiger partial charge < -0.3 is 21.1 Å². The van der Waals surface area contributed by atoms with E-state index in [-0.39, 0.29) is 12.3 Å². The van der Waals surface area contributed by atoms with Gasteiger partial charge in [0.05, 0.1) is 12.5 Å². The number of hydrogen-bond donors (Lipinski definition) is 3. The highest BCUT2D eigenvalue weighted by Gasteiger charge is 2.18. The number of hydrogen-bond acceptors (Lipinski definition) is 3. The van der Waals surface area contributed by atoms with Crippen LogP contribution in [0, 0.1) is 6.92 Å². The molecule has 0 bridgehead atoms. The van der Waals surface area contributed by atoms with E-state index in [4.69, 9.17) is 10.5 Å². The third kappa shape index (κ3) is 6.10. The van der Waals surface area contributed by atoms with Crippen molar-refractivity contribution in [2.24, 2.45) is 5.73 Å². The first-order valence-electron chi connectivity index (χ1n) is 9.25. The molecular weight excluding hydrogens is 366 g/mol. The zero-order valence-electron chi connectivity index (χ0n) is 16.1. The summed E-state index contributed by atoms with van der Waals surface area (Å²) in [6.07, 6.45) is 0.0334. The fraction of sp³-hybridized carbons (Fsp3) is 0.130. The van der Waals surface area contributed by atoms with Crippen molar-refractivity contribution in [3.63, 3.8) is 0 Å². The number of nitrogens with one attached hydrogen (secondary N) is 2. The number of carbonyl (C=O) groups excluding carboxylic acids is 2. The molecule has 3 aromatic rings. The van der Waals surface area contributed by atoms with E-state index in [1.54, 1.807) is 6.07 Å². The van der Waals surface area contributed by atoms with Crippen LogP contribution in [0.5, 0.6) is 11.5 Å². The Balaban J connectivity index is 1.75. The minimum Gasteiger partial charge on any atom is -0.457 e. The van der Waals surface area contributed by atoms with Crippen molar-refractivity contribution in [1.82, 2.24) is 5.32 Å². The first-order chi connectivity index (χ1) is 14.0. The average molecular weight is 389 g/mol. The van der Waals surface area contributed by atoms with Gasteiger partial charge in [-0.3, -0.25) is 4.79 Å². The Bertz CT molecular complexity index is 989. The number of carbonyl (C=O) groups is 2. The third-order valence-electron chi connectivity index (χ3n) is 4.25. The van der Waals surface area contributed by atoms with Crippen molar-refractivity contribution in [3.05, 3.63) is 90.0 Å². The highest BCUT2D eigenvalue weighted by molar-refractivity contribution is 5.91. The number of ether oxygens (including phenoxy) is 1. The predicted molar refractivity (Wildman–Crippen MR) is 113 cm³/mol. The molecule has 0 aromatic heterocycles. The molecule has 0 fully saturated rings. The molecule has 3 rings (SSSR count). The molecule has 29 heavy (non-hydrogen) atoms. The van der Waals surface area contributed by atoms with E-state index < -0.39 is 12.1 Å². The van der Waals surface area contributed by atoms with E-state index in [1.165, 1.54) is 0 Å². The van der Waals surface area contributed by atoms with Gasteiger partial charge in [-0.25, -0.2) is 4.79 Å². The first-order valence-corrected chi connectivity index (χ1v) is 9.25. The molecule has 0 aliphatic carbocycles. The number of amides is 3. The summed E-state index contributed by atoms with van der Waals surface area (Å²) in [6, 6.07) is 22.8. The molecule has 6 heteroatoms. The van der Waals surface area contributed by atoms with Gasteiger partial charge in [0.25, 0.3) is 0 Å². The van der Waals surface area contributed by atoms with Gasteiger partial charge >= 0.3 is 6.03 Å². The summed E-state index contributed by atoms with van der Waals surface area (Å²) in [7, 11) is 0. The van der Waals surface area contributed by atoms with Crippen LogP contribution in [-0.4, -0.2) is 11.9 Å². The number of rotatable bonds is 7. The fourth-order valence-electron chi connectivity index (χ4n) is 2.96. The van der Waals surface area contributed by atoms with Gasteiger partial charge in [-0.2, -0.15) is 0 Å². The molecule has 0 radical (unpaired) electrons. The van der Waals surface area contributed by atoms with Gasteiger partial charge in [-0.15, -0.1) is 0 Å². The highest BCUT2D eigenvalue weighted by Crippen LogP contribution is 2.26. The van der Waals surface area contributed by atoms with E-state index in [1.807, 2.05) is 79.7 Å². The van der Waals surface area contributed by atoms with Crippen molar-refractivity contribution < 1.29 is 14.3 Å². The van der Waals surface area contributed by atoms with E-state index >= 15 is 0 Å². The first kappa shape index (κ1) is 19.9. The maximum atomic E-state index is 12.5. The van der Waals surface area contributed by atoms with Crippen molar-refractivity contribution in [3.8, 4) is 11.5 Å². The number of anilines is 1. The molecule has 0 aliphatic heterocycles. The topological polar surface area (TPSA) is 93.5 Å². The predicted octanol–water partition coefficient (Wildman–Crippen LogP) is 4.53. The molecule has 1 unspecified atom stereocenters. The van der Waals surface area contributed by atoms with Crippen molar-refractivity contribution in [1.29, 1.82) is 0 Å². The molecule has 1 atom stereocenters. The maximum Gasteiger partial charge on any atom is 0.312 e. The molecule has 0 heterocycles. The monoisotopic (exact) mass is 389 g/mol. The van der Waals surface area contributed by atoms with Crippen LogP contribution in [0.2, 0.25) is 0 Å². The summed E-state index contributed by atoms with van der Waals surface area (Å²) in [5.41, 5.74) is 7.79. The Kier molecular flexibility index (Phi) is 6.47. The lowest BCUT2D eigenvalue weighted by molar-refractivity contribution is -0.116. The van der Waals surface area contributed by atoms with Gasteiger partial charge in [-0.05, 0) is 54.4 Å². The number of para-hydroxylation sites is 1. The van der Waals surface area contributed by atoms with Crippen LogP contribution in [0.4, 0.5) is 10.5 Å². The highest BCUT2D eigenvalue weighted by atomic mass is 16.5. The summed E-state index contributed by atoms with van der Waals surface area (Å²) in [5.74, 6) is 1.06. The van der Waals surface area contributed by atoms with E-state index in [2.05, 4.69) is 10.6 Å². The van der Waals surface area contributed by atoms with E-state index in [9.17, 15) is 9.59 Å². The average Bonchev–Trinajstić information content (AvgIpc) is 2.68. The Labute approximate surface area is 169 Å². The van der Waals surface area contributed by atoms with Gasteiger partial charge in [-0.1, -0.05) is 42.5 Å². The standard InChI is InChI=1S/C23H23N3O3/c1-16-7-5-9-18(13-16)25-22(27)15-21(26-23(24)28)17-8-6-12-20(14-17)29-19-10-3-2-4-11-19/h2-14,21H,15H2,1H3,(H,25,27)(H3,24,26,28). The number of nitrogens with two attached hydrogens (primary N) is 1. The van der Waals surface area contributed by atoms with Crippen LogP contribution < -0.4 is 21.1 Å². The Morgan fingerprint density at radius 2 is 1.66 bits per heavy atom. The normalized spacial score (nSPS) is 11.3. The molecule has 3 aromatic carbocycles. The lowest BCUT2D eigenvalue weighted by atomic mass is 10.0. The molecule has 148 valence electrons.